The highest BCUT2D eigenvalue weighted by Gasteiger charge is 2.26. The van der Waals surface area contributed by atoms with E-state index in [4.69, 9.17) is 9.84 Å². The van der Waals surface area contributed by atoms with Crippen LogP contribution in [0, 0.1) is 0 Å². The molecule has 0 spiro atoms. The second-order valence-corrected chi connectivity index (χ2v) is 3.57. The van der Waals surface area contributed by atoms with Crippen LogP contribution in [-0.2, 0) is 9.53 Å². The molecule has 1 N–H and O–H groups in total. The molecule has 0 aromatic rings. The molecule has 0 radical (unpaired) electrons. The summed E-state index contributed by atoms with van der Waals surface area (Å²) in [5.74, 6) is -0.988. The number of carboxylic acid groups (broad SMARTS) is 1. The molecular weight excluding hydrogens is 212 g/mol. The van der Waals surface area contributed by atoms with Crippen LogP contribution in [0.1, 0.15) is 13.3 Å². The van der Waals surface area contributed by atoms with Crippen LogP contribution in [-0.4, -0.2) is 67.3 Å². The van der Waals surface area contributed by atoms with Crippen molar-refractivity contribution in [3.63, 3.8) is 0 Å². The first-order valence-corrected chi connectivity index (χ1v) is 5.15. The maximum atomic E-state index is 11.8. The van der Waals surface area contributed by atoms with Gasteiger partial charge in [-0.1, -0.05) is 6.92 Å². The van der Waals surface area contributed by atoms with Gasteiger partial charge in [0.1, 0.15) is 6.04 Å². The van der Waals surface area contributed by atoms with Gasteiger partial charge in [0.15, 0.2) is 0 Å². The van der Waals surface area contributed by atoms with Crippen molar-refractivity contribution >= 4 is 12.0 Å². The predicted octanol–water partition coefficient (Wildman–Crippen LogP) is 0.480. The third kappa shape index (κ3) is 4.06. The Kier molecular flexibility index (Phi) is 6.48. The lowest BCUT2D eigenvalue weighted by Gasteiger charge is -2.28. The van der Waals surface area contributed by atoms with Crippen LogP contribution in [0.5, 0.6) is 0 Å². The van der Waals surface area contributed by atoms with Gasteiger partial charge in [0.2, 0.25) is 0 Å². The number of ether oxygens (including phenoxy) is 1. The molecule has 0 aliphatic carbocycles. The highest BCUT2D eigenvalue weighted by Crippen LogP contribution is 2.05. The minimum Gasteiger partial charge on any atom is -0.480 e. The first-order valence-electron chi connectivity index (χ1n) is 5.15. The number of carbonyl (C=O) groups is 2. The summed E-state index contributed by atoms with van der Waals surface area (Å²) in [5, 5.41) is 8.91. The average Bonchev–Trinajstić information content (AvgIpc) is 2.24. The summed E-state index contributed by atoms with van der Waals surface area (Å²) in [6.45, 7) is 2.60. The summed E-state index contributed by atoms with van der Waals surface area (Å²) in [6.07, 6.45) is 0.385. The summed E-state index contributed by atoms with van der Waals surface area (Å²) in [5.41, 5.74) is 0. The Bertz CT molecular complexity index is 245. The van der Waals surface area contributed by atoms with Crippen LogP contribution in [0.25, 0.3) is 0 Å². The zero-order valence-corrected chi connectivity index (χ0v) is 10.3. The Morgan fingerprint density at radius 3 is 2.31 bits per heavy atom. The van der Waals surface area contributed by atoms with E-state index in [2.05, 4.69) is 0 Å². The number of methoxy groups -OCH3 is 1. The molecule has 2 amide bonds. The molecule has 0 aliphatic heterocycles. The van der Waals surface area contributed by atoms with Gasteiger partial charge in [-0.3, -0.25) is 0 Å². The van der Waals surface area contributed by atoms with E-state index >= 15 is 0 Å². The maximum absolute atomic E-state index is 11.8. The normalized spacial score (nSPS) is 12.0. The Hall–Kier alpha value is -1.30. The van der Waals surface area contributed by atoms with Crippen LogP contribution in [0.2, 0.25) is 0 Å². The lowest BCUT2D eigenvalue weighted by Crippen LogP contribution is -2.48. The van der Waals surface area contributed by atoms with E-state index in [-0.39, 0.29) is 6.03 Å². The highest BCUT2D eigenvalue weighted by molar-refractivity contribution is 5.82. The van der Waals surface area contributed by atoms with Crippen molar-refractivity contribution in [1.82, 2.24) is 9.80 Å². The lowest BCUT2D eigenvalue weighted by atomic mass is 10.2. The molecule has 0 aromatic heterocycles. The van der Waals surface area contributed by atoms with Crippen molar-refractivity contribution in [2.24, 2.45) is 0 Å². The van der Waals surface area contributed by atoms with Gasteiger partial charge >= 0.3 is 12.0 Å². The Balaban J connectivity index is 4.40. The lowest BCUT2D eigenvalue weighted by molar-refractivity contribution is -0.142. The van der Waals surface area contributed by atoms with E-state index in [1.54, 1.807) is 21.1 Å². The molecular formula is C10H20N2O4. The van der Waals surface area contributed by atoms with Crippen molar-refractivity contribution in [1.29, 1.82) is 0 Å². The summed E-state index contributed by atoms with van der Waals surface area (Å²) in [6, 6.07) is -1.09. The smallest absolute Gasteiger partial charge is 0.326 e. The van der Waals surface area contributed by atoms with E-state index in [0.717, 1.165) is 0 Å². The first kappa shape index (κ1) is 14.7. The van der Waals surface area contributed by atoms with Gasteiger partial charge in [0, 0.05) is 27.7 Å². The van der Waals surface area contributed by atoms with Crippen LogP contribution in [0.4, 0.5) is 4.79 Å². The van der Waals surface area contributed by atoms with Crippen LogP contribution in [0.15, 0.2) is 0 Å². The quantitative estimate of drug-likeness (QED) is 0.723. The fourth-order valence-corrected chi connectivity index (χ4v) is 1.34. The molecule has 0 rings (SSSR count). The molecule has 0 saturated carbocycles. The fraction of sp³-hybridized carbons (Fsp3) is 0.800. The topological polar surface area (TPSA) is 70.1 Å². The standard InChI is InChI=1S/C10H20N2O4/c1-5-8(9(13)14)12(3)10(15)11(2)6-7-16-4/h8H,5-7H2,1-4H3,(H,13,14). The van der Waals surface area contributed by atoms with Gasteiger partial charge in [-0.15, -0.1) is 0 Å². The first-order chi connectivity index (χ1) is 7.45. The van der Waals surface area contributed by atoms with Gasteiger partial charge in [-0.25, -0.2) is 9.59 Å². The Morgan fingerprint density at radius 2 is 1.94 bits per heavy atom. The van der Waals surface area contributed by atoms with Crippen molar-refractivity contribution in [3.05, 3.63) is 0 Å². The zero-order chi connectivity index (χ0) is 12.7. The number of hydrogen-bond acceptors (Lipinski definition) is 3. The monoisotopic (exact) mass is 232 g/mol. The number of rotatable bonds is 6. The number of carbonyl (C=O) groups excluding carboxylic acids is 1. The molecule has 1 atom stereocenters. The van der Waals surface area contributed by atoms with Gasteiger partial charge in [-0.05, 0) is 6.42 Å². The van der Waals surface area contributed by atoms with Gasteiger partial charge in [0.05, 0.1) is 6.61 Å². The maximum Gasteiger partial charge on any atom is 0.326 e. The summed E-state index contributed by atoms with van der Waals surface area (Å²) in [7, 11) is 4.66. The second-order valence-electron chi connectivity index (χ2n) is 3.57. The van der Waals surface area contributed by atoms with E-state index in [1.165, 1.54) is 16.8 Å². The van der Waals surface area contributed by atoms with Crippen molar-refractivity contribution in [3.8, 4) is 0 Å². The van der Waals surface area contributed by atoms with E-state index in [0.29, 0.717) is 19.6 Å². The average molecular weight is 232 g/mol. The van der Waals surface area contributed by atoms with Crippen LogP contribution in [0.3, 0.4) is 0 Å². The van der Waals surface area contributed by atoms with E-state index in [1.807, 2.05) is 0 Å². The molecule has 0 heterocycles. The zero-order valence-electron chi connectivity index (χ0n) is 10.3. The predicted molar refractivity (Wildman–Crippen MR) is 59.4 cm³/mol. The number of aliphatic carboxylic acids is 1. The molecule has 16 heavy (non-hydrogen) atoms. The summed E-state index contributed by atoms with van der Waals surface area (Å²) < 4.78 is 4.85. The molecule has 0 bridgehead atoms. The molecule has 94 valence electrons. The number of nitrogens with zero attached hydrogens (tertiary/aromatic N) is 2. The largest absolute Gasteiger partial charge is 0.480 e. The van der Waals surface area contributed by atoms with Gasteiger partial charge in [0.25, 0.3) is 0 Å². The van der Waals surface area contributed by atoms with Gasteiger partial charge < -0.3 is 19.6 Å². The molecule has 0 aliphatic rings. The number of urea groups is 1. The number of hydrogen-bond donors (Lipinski definition) is 1. The van der Waals surface area contributed by atoms with Crippen LogP contribution >= 0.6 is 0 Å². The minimum atomic E-state index is -0.988. The third-order valence-corrected chi connectivity index (χ3v) is 2.40. The van der Waals surface area contributed by atoms with Crippen LogP contribution < -0.4 is 0 Å². The van der Waals surface area contributed by atoms with Gasteiger partial charge in [-0.2, -0.15) is 0 Å². The molecule has 6 nitrogen and oxygen atoms in total. The summed E-state index contributed by atoms with van der Waals surface area (Å²) in [4.78, 5) is 25.3. The third-order valence-electron chi connectivity index (χ3n) is 2.40. The molecule has 6 heteroatoms. The molecule has 0 aromatic carbocycles. The van der Waals surface area contributed by atoms with Crippen molar-refractivity contribution in [2.45, 2.75) is 19.4 Å². The SMILES string of the molecule is CCC(C(=O)O)N(C)C(=O)N(C)CCOC. The minimum absolute atomic E-state index is 0.314. The highest BCUT2D eigenvalue weighted by atomic mass is 16.5. The number of carboxylic acids is 1. The molecule has 0 saturated heterocycles. The van der Waals surface area contributed by atoms with E-state index < -0.39 is 12.0 Å². The fourth-order valence-electron chi connectivity index (χ4n) is 1.34. The molecule has 1 unspecified atom stereocenters. The summed E-state index contributed by atoms with van der Waals surface area (Å²) >= 11 is 0. The number of likely N-dealkylation sites (N-methyl/N-ethyl adjacent to an activating group) is 2. The van der Waals surface area contributed by atoms with Crippen molar-refractivity contribution in [2.75, 3.05) is 34.4 Å². The van der Waals surface area contributed by atoms with Crippen molar-refractivity contribution < 1.29 is 19.4 Å². The Morgan fingerprint density at radius 1 is 1.38 bits per heavy atom. The molecule has 0 fully saturated rings. The van der Waals surface area contributed by atoms with E-state index in [9.17, 15) is 9.59 Å². The Labute approximate surface area is 95.8 Å². The number of amides is 2. The second kappa shape index (κ2) is 7.05.